The highest BCUT2D eigenvalue weighted by molar-refractivity contribution is 5.26. The van der Waals surface area contributed by atoms with Crippen LogP contribution in [0.3, 0.4) is 0 Å². The Morgan fingerprint density at radius 2 is 1.81 bits per heavy atom. The first-order valence-electron chi connectivity index (χ1n) is 6.91. The molecule has 7 nitrogen and oxygen atoms in total. The molecule has 2 aromatic heterocycles. The van der Waals surface area contributed by atoms with E-state index in [-0.39, 0.29) is 12.0 Å². The molecule has 0 aliphatic carbocycles. The number of anilines is 1. The minimum absolute atomic E-state index is 0.247. The van der Waals surface area contributed by atoms with Gasteiger partial charge in [0.2, 0.25) is 5.95 Å². The number of nitrogens with zero attached hydrogens (tertiary/aromatic N) is 4. The summed E-state index contributed by atoms with van der Waals surface area (Å²) in [6.45, 7) is 3.02. The van der Waals surface area contributed by atoms with Crippen LogP contribution in [0.25, 0.3) is 0 Å². The topological polar surface area (TPSA) is 82.0 Å². The van der Waals surface area contributed by atoms with Crippen LogP contribution in [0.2, 0.25) is 0 Å². The fourth-order valence-corrected chi connectivity index (χ4v) is 1.57. The third kappa shape index (κ3) is 4.87. The molecular weight excluding hydrogens is 270 g/mol. The summed E-state index contributed by atoms with van der Waals surface area (Å²) in [6, 6.07) is 6.29. The van der Waals surface area contributed by atoms with Crippen LogP contribution < -0.4 is 14.8 Å². The summed E-state index contributed by atoms with van der Waals surface area (Å²) in [7, 11) is 1.73. The summed E-state index contributed by atoms with van der Waals surface area (Å²) in [5.74, 6) is 0.420. The molecule has 7 heteroatoms. The molecule has 2 rings (SSSR count). The van der Waals surface area contributed by atoms with Gasteiger partial charge in [0, 0.05) is 25.4 Å². The molecule has 2 heterocycles. The van der Waals surface area contributed by atoms with Crippen molar-refractivity contribution in [3.8, 4) is 12.0 Å². The van der Waals surface area contributed by atoms with Gasteiger partial charge in [0.15, 0.2) is 0 Å². The van der Waals surface area contributed by atoms with E-state index in [2.05, 4.69) is 25.3 Å². The number of hydrogen-bond acceptors (Lipinski definition) is 7. The van der Waals surface area contributed by atoms with E-state index in [1.807, 2.05) is 25.1 Å². The molecule has 0 atom stereocenters. The highest BCUT2D eigenvalue weighted by Crippen LogP contribution is 2.13. The van der Waals surface area contributed by atoms with Crippen molar-refractivity contribution in [2.24, 2.45) is 0 Å². The van der Waals surface area contributed by atoms with E-state index in [0.717, 1.165) is 12.1 Å². The molecule has 0 aliphatic heterocycles. The molecular formula is C14H19N5O2. The van der Waals surface area contributed by atoms with Crippen molar-refractivity contribution < 1.29 is 9.47 Å². The molecule has 0 unspecified atom stereocenters. The maximum Gasteiger partial charge on any atom is 0.324 e. The fraction of sp³-hybridized carbons (Fsp3) is 0.429. The van der Waals surface area contributed by atoms with E-state index < -0.39 is 0 Å². The predicted octanol–water partition coefficient (Wildman–Crippen LogP) is 1.72. The zero-order valence-electron chi connectivity index (χ0n) is 12.2. The summed E-state index contributed by atoms with van der Waals surface area (Å²) in [6.07, 6.45) is 3.33. The van der Waals surface area contributed by atoms with Crippen LogP contribution in [0.1, 0.15) is 19.0 Å². The number of hydrogen-bond donors (Lipinski definition) is 1. The molecule has 0 aliphatic rings. The van der Waals surface area contributed by atoms with Gasteiger partial charge in [-0.1, -0.05) is 13.0 Å². The van der Waals surface area contributed by atoms with Gasteiger partial charge >= 0.3 is 12.0 Å². The number of nitrogens with one attached hydrogen (secondary N) is 1. The predicted molar refractivity (Wildman–Crippen MR) is 78.6 cm³/mol. The van der Waals surface area contributed by atoms with Gasteiger partial charge in [0.05, 0.1) is 13.2 Å². The first-order chi connectivity index (χ1) is 10.3. The maximum absolute atomic E-state index is 5.55. The zero-order valence-corrected chi connectivity index (χ0v) is 12.2. The van der Waals surface area contributed by atoms with Crippen molar-refractivity contribution in [2.45, 2.75) is 19.8 Å². The minimum Gasteiger partial charge on any atom is -0.463 e. The number of aromatic nitrogens is 4. The van der Waals surface area contributed by atoms with E-state index >= 15 is 0 Å². The summed E-state index contributed by atoms with van der Waals surface area (Å²) in [5, 5.41) is 2.86. The van der Waals surface area contributed by atoms with E-state index in [4.69, 9.17) is 9.47 Å². The van der Waals surface area contributed by atoms with Crippen molar-refractivity contribution in [3.63, 3.8) is 0 Å². The molecule has 0 radical (unpaired) electrons. The van der Waals surface area contributed by atoms with Crippen LogP contribution in [0.5, 0.6) is 12.0 Å². The summed E-state index contributed by atoms with van der Waals surface area (Å²) in [5.41, 5.74) is 0.961. The summed E-state index contributed by atoms with van der Waals surface area (Å²) >= 11 is 0. The minimum atomic E-state index is 0.247. The molecule has 0 spiro atoms. The van der Waals surface area contributed by atoms with E-state index in [0.29, 0.717) is 25.6 Å². The molecule has 0 aromatic carbocycles. The van der Waals surface area contributed by atoms with Gasteiger partial charge in [-0.05, 0) is 18.6 Å². The van der Waals surface area contributed by atoms with Gasteiger partial charge in [0.25, 0.3) is 0 Å². The van der Waals surface area contributed by atoms with Crippen LogP contribution >= 0.6 is 0 Å². The van der Waals surface area contributed by atoms with Gasteiger partial charge in [-0.25, -0.2) is 0 Å². The van der Waals surface area contributed by atoms with Crippen molar-refractivity contribution in [1.82, 2.24) is 19.9 Å². The molecule has 0 saturated carbocycles. The monoisotopic (exact) mass is 289 g/mol. The first kappa shape index (κ1) is 15.0. The molecule has 0 bridgehead atoms. The second kappa shape index (κ2) is 7.98. The van der Waals surface area contributed by atoms with Gasteiger partial charge < -0.3 is 14.8 Å². The van der Waals surface area contributed by atoms with Crippen molar-refractivity contribution in [2.75, 3.05) is 25.6 Å². The SMILES string of the molecule is CCCOc1nc(NC)nc(OCCc2ccccn2)n1. The Hall–Kier alpha value is -2.44. The van der Waals surface area contributed by atoms with Crippen LogP contribution in [0.4, 0.5) is 5.95 Å². The Labute approximate surface area is 123 Å². The number of ether oxygens (including phenoxy) is 2. The van der Waals surface area contributed by atoms with Crippen LogP contribution in [0, 0.1) is 0 Å². The highest BCUT2D eigenvalue weighted by Gasteiger charge is 2.07. The molecule has 0 amide bonds. The Morgan fingerprint density at radius 1 is 1.05 bits per heavy atom. The lowest BCUT2D eigenvalue weighted by molar-refractivity contribution is 0.263. The second-order valence-corrected chi connectivity index (χ2v) is 4.24. The van der Waals surface area contributed by atoms with Crippen LogP contribution in [-0.2, 0) is 6.42 Å². The number of rotatable bonds is 8. The molecule has 112 valence electrons. The summed E-state index contributed by atoms with van der Waals surface area (Å²) in [4.78, 5) is 16.6. The third-order valence-electron chi connectivity index (χ3n) is 2.57. The third-order valence-corrected chi connectivity index (χ3v) is 2.57. The first-order valence-corrected chi connectivity index (χ1v) is 6.91. The van der Waals surface area contributed by atoms with Crippen molar-refractivity contribution in [3.05, 3.63) is 30.1 Å². The normalized spacial score (nSPS) is 10.2. The Kier molecular flexibility index (Phi) is 5.69. The molecule has 0 saturated heterocycles. The molecule has 21 heavy (non-hydrogen) atoms. The fourth-order valence-electron chi connectivity index (χ4n) is 1.57. The molecule has 1 N–H and O–H groups in total. The van der Waals surface area contributed by atoms with Gasteiger partial charge in [-0.15, -0.1) is 4.98 Å². The highest BCUT2D eigenvalue weighted by atomic mass is 16.5. The van der Waals surface area contributed by atoms with Crippen molar-refractivity contribution >= 4 is 5.95 Å². The second-order valence-electron chi connectivity index (χ2n) is 4.24. The van der Waals surface area contributed by atoms with Crippen LogP contribution in [-0.4, -0.2) is 40.2 Å². The lowest BCUT2D eigenvalue weighted by Crippen LogP contribution is -2.09. The lowest BCUT2D eigenvalue weighted by Gasteiger charge is -2.08. The Bertz CT molecular complexity index is 550. The van der Waals surface area contributed by atoms with E-state index in [1.165, 1.54) is 0 Å². The van der Waals surface area contributed by atoms with Gasteiger partial charge in [0.1, 0.15) is 0 Å². The Balaban J connectivity index is 1.95. The maximum atomic E-state index is 5.55. The molecule has 0 fully saturated rings. The molecule has 2 aromatic rings. The van der Waals surface area contributed by atoms with Gasteiger partial charge in [-0.2, -0.15) is 9.97 Å². The lowest BCUT2D eigenvalue weighted by atomic mass is 10.3. The van der Waals surface area contributed by atoms with E-state index in [9.17, 15) is 0 Å². The number of pyridine rings is 1. The quantitative estimate of drug-likeness (QED) is 0.792. The van der Waals surface area contributed by atoms with Gasteiger partial charge in [-0.3, -0.25) is 4.98 Å². The zero-order chi connectivity index (χ0) is 14.9. The smallest absolute Gasteiger partial charge is 0.324 e. The van der Waals surface area contributed by atoms with E-state index in [1.54, 1.807) is 13.2 Å². The average Bonchev–Trinajstić information content (AvgIpc) is 2.53. The average molecular weight is 289 g/mol. The Morgan fingerprint density at radius 3 is 2.43 bits per heavy atom. The van der Waals surface area contributed by atoms with Crippen molar-refractivity contribution in [1.29, 1.82) is 0 Å². The standard InChI is InChI=1S/C14H19N5O2/c1-3-9-20-13-17-12(15-2)18-14(19-13)21-10-7-11-6-4-5-8-16-11/h4-6,8H,3,7,9-10H2,1-2H3,(H,15,17,18,19). The summed E-state index contributed by atoms with van der Waals surface area (Å²) < 4.78 is 11.0. The van der Waals surface area contributed by atoms with Crippen LogP contribution in [0.15, 0.2) is 24.4 Å². The largest absolute Gasteiger partial charge is 0.463 e.